The van der Waals surface area contributed by atoms with Gasteiger partial charge in [0.05, 0.1) is 24.1 Å². The van der Waals surface area contributed by atoms with Crippen LogP contribution in [0, 0.1) is 13.8 Å². The summed E-state index contributed by atoms with van der Waals surface area (Å²) >= 11 is 0. The highest BCUT2D eigenvalue weighted by Crippen LogP contribution is 2.04. The van der Waals surface area contributed by atoms with Gasteiger partial charge in [-0.2, -0.15) is 0 Å². The van der Waals surface area contributed by atoms with E-state index in [0.717, 1.165) is 11.4 Å². The maximum Gasteiger partial charge on any atom is 0.239 e. The summed E-state index contributed by atoms with van der Waals surface area (Å²) in [7, 11) is 0. The van der Waals surface area contributed by atoms with Gasteiger partial charge in [-0.25, -0.2) is 4.98 Å². The van der Waals surface area contributed by atoms with Crippen molar-refractivity contribution in [3.63, 3.8) is 0 Å². The second kappa shape index (κ2) is 5.44. The number of anilines is 1. The third-order valence-corrected chi connectivity index (χ3v) is 2.07. The van der Waals surface area contributed by atoms with E-state index in [2.05, 4.69) is 20.6 Å². The molecule has 1 aromatic rings. The molecule has 1 rings (SSSR count). The Morgan fingerprint density at radius 1 is 1.38 bits per heavy atom. The fourth-order valence-corrected chi connectivity index (χ4v) is 1.17. The lowest BCUT2D eigenvalue weighted by atomic mass is 10.3. The lowest BCUT2D eigenvalue weighted by molar-refractivity contribution is -0.119. The third-order valence-electron chi connectivity index (χ3n) is 2.07. The molecule has 5 heteroatoms. The SMILES string of the molecule is Cc1ncc(NCC(=O)NC(C)C)nc1C. The van der Waals surface area contributed by atoms with Crippen LogP contribution < -0.4 is 10.6 Å². The molecule has 0 saturated heterocycles. The van der Waals surface area contributed by atoms with Gasteiger partial charge in [0.2, 0.25) is 5.91 Å². The van der Waals surface area contributed by atoms with Gasteiger partial charge < -0.3 is 10.6 Å². The van der Waals surface area contributed by atoms with Crippen molar-refractivity contribution in [1.29, 1.82) is 0 Å². The highest BCUT2D eigenvalue weighted by molar-refractivity contribution is 5.80. The molecule has 0 saturated carbocycles. The summed E-state index contributed by atoms with van der Waals surface area (Å²) < 4.78 is 0. The van der Waals surface area contributed by atoms with Crippen LogP contribution in [-0.4, -0.2) is 28.5 Å². The zero-order valence-corrected chi connectivity index (χ0v) is 10.2. The summed E-state index contributed by atoms with van der Waals surface area (Å²) in [5, 5.41) is 5.72. The zero-order valence-electron chi connectivity index (χ0n) is 10.2. The maximum atomic E-state index is 11.4. The van der Waals surface area contributed by atoms with Gasteiger partial charge in [-0.05, 0) is 27.7 Å². The van der Waals surface area contributed by atoms with E-state index in [0.29, 0.717) is 5.82 Å². The Morgan fingerprint density at radius 2 is 2.06 bits per heavy atom. The fourth-order valence-electron chi connectivity index (χ4n) is 1.17. The van der Waals surface area contributed by atoms with E-state index >= 15 is 0 Å². The van der Waals surface area contributed by atoms with E-state index in [1.165, 1.54) is 0 Å². The van der Waals surface area contributed by atoms with Crippen LogP contribution in [-0.2, 0) is 4.79 Å². The van der Waals surface area contributed by atoms with E-state index < -0.39 is 0 Å². The van der Waals surface area contributed by atoms with Gasteiger partial charge in [0.1, 0.15) is 5.82 Å². The summed E-state index contributed by atoms with van der Waals surface area (Å²) in [6.45, 7) is 7.86. The van der Waals surface area contributed by atoms with Crippen molar-refractivity contribution in [2.45, 2.75) is 33.7 Å². The Labute approximate surface area is 95.7 Å². The molecule has 0 radical (unpaired) electrons. The number of rotatable bonds is 4. The minimum absolute atomic E-state index is 0.0463. The number of carbonyl (C=O) groups excluding carboxylic acids is 1. The van der Waals surface area contributed by atoms with E-state index in [1.807, 2.05) is 27.7 Å². The zero-order chi connectivity index (χ0) is 12.1. The predicted octanol–water partition coefficient (Wildman–Crippen LogP) is 1.03. The molecule has 0 atom stereocenters. The fraction of sp³-hybridized carbons (Fsp3) is 0.545. The summed E-state index contributed by atoms with van der Waals surface area (Å²) in [6, 6.07) is 0.153. The first-order valence-corrected chi connectivity index (χ1v) is 5.32. The molecule has 0 aliphatic heterocycles. The Kier molecular flexibility index (Phi) is 4.22. The Hall–Kier alpha value is -1.65. The molecule has 0 aliphatic rings. The van der Waals surface area contributed by atoms with Gasteiger partial charge in [0, 0.05) is 6.04 Å². The third kappa shape index (κ3) is 3.84. The molecule has 88 valence electrons. The highest BCUT2D eigenvalue weighted by atomic mass is 16.1. The van der Waals surface area contributed by atoms with Crippen molar-refractivity contribution < 1.29 is 4.79 Å². The number of carbonyl (C=O) groups is 1. The first-order valence-electron chi connectivity index (χ1n) is 5.32. The quantitative estimate of drug-likeness (QED) is 0.798. The molecule has 0 aromatic carbocycles. The van der Waals surface area contributed by atoms with Crippen molar-refractivity contribution in [3.8, 4) is 0 Å². The summed E-state index contributed by atoms with van der Waals surface area (Å²) in [5.41, 5.74) is 1.77. The van der Waals surface area contributed by atoms with Crippen LogP contribution in [0.2, 0.25) is 0 Å². The minimum atomic E-state index is -0.0463. The number of aryl methyl sites for hydroxylation is 2. The molecular weight excluding hydrogens is 204 g/mol. The molecule has 1 heterocycles. The van der Waals surface area contributed by atoms with Crippen LogP contribution >= 0.6 is 0 Å². The van der Waals surface area contributed by atoms with Gasteiger partial charge in [0.25, 0.3) is 0 Å². The normalized spacial score (nSPS) is 10.3. The van der Waals surface area contributed by atoms with E-state index in [1.54, 1.807) is 6.20 Å². The summed E-state index contributed by atoms with van der Waals surface area (Å²) in [4.78, 5) is 19.8. The van der Waals surface area contributed by atoms with Crippen molar-refractivity contribution in [2.24, 2.45) is 0 Å². The Balaban J connectivity index is 2.48. The average molecular weight is 222 g/mol. The molecule has 5 nitrogen and oxygen atoms in total. The number of nitrogens with zero attached hydrogens (tertiary/aromatic N) is 2. The second-order valence-corrected chi connectivity index (χ2v) is 4.00. The molecule has 2 N–H and O–H groups in total. The van der Waals surface area contributed by atoms with Crippen molar-refractivity contribution in [2.75, 3.05) is 11.9 Å². The van der Waals surface area contributed by atoms with Crippen LogP contribution in [0.25, 0.3) is 0 Å². The van der Waals surface area contributed by atoms with E-state index in [4.69, 9.17) is 0 Å². The van der Waals surface area contributed by atoms with Crippen LogP contribution in [0.3, 0.4) is 0 Å². The van der Waals surface area contributed by atoms with Crippen LogP contribution in [0.15, 0.2) is 6.20 Å². The highest BCUT2D eigenvalue weighted by Gasteiger charge is 2.04. The molecule has 0 aliphatic carbocycles. The first-order chi connectivity index (χ1) is 7.49. The first kappa shape index (κ1) is 12.4. The standard InChI is InChI=1S/C11H18N4O/c1-7(2)14-11(16)6-13-10-5-12-8(3)9(4)15-10/h5,7H,6H2,1-4H3,(H,13,15)(H,14,16). The Morgan fingerprint density at radius 3 is 2.62 bits per heavy atom. The van der Waals surface area contributed by atoms with Crippen LogP contribution in [0.1, 0.15) is 25.2 Å². The minimum Gasteiger partial charge on any atom is -0.360 e. The lowest BCUT2D eigenvalue weighted by Crippen LogP contribution is -2.35. The molecule has 0 spiro atoms. The monoisotopic (exact) mass is 222 g/mol. The lowest BCUT2D eigenvalue weighted by Gasteiger charge is -2.10. The van der Waals surface area contributed by atoms with Crippen molar-refractivity contribution in [1.82, 2.24) is 15.3 Å². The van der Waals surface area contributed by atoms with Crippen LogP contribution in [0.4, 0.5) is 5.82 Å². The second-order valence-electron chi connectivity index (χ2n) is 4.00. The number of nitrogens with one attached hydrogen (secondary N) is 2. The van der Waals surface area contributed by atoms with Gasteiger partial charge in [-0.15, -0.1) is 0 Å². The largest absolute Gasteiger partial charge is 0.360 e. The van der Waals surface area contributed by atoms with Crippen molar-refractivity contribution in [3.05, 3.63) is 17.6 Å². The topological polar surface area (TPSA) is 66.9 Å². The van der Waals surface area contributed by atoms with Gasteiger partial charge in [-0.3, -0.25) is 9.78 Å². The Bertz CT molecular complexity index is 376. The predicted molar refractivity (Wildman–Crippen MR) is 63.3 cm³/mol. The number of amides is 1. The molecule has 16 heavy (non-hydrogen) atoms. The molecule has 1 aromatic heterocycles. The molecule has 1 amide bonds. The molecule has 0 bridgehead atoms. The number of aromatic nitrogens is 2. The van der Waals surface area contributed by atoms with E-state index in [-0.39, 0.29) is 18.5 Å². The smallest absolute Gasteiger partial charge is 0.239 e. The van der Waals surface area contributed by atoms with Crippen LogP contribution in [0.5, 0.6) is 0 Å². The number of hydrogen-bond acceptors (Lipinski definition) is 4. The van der Waals surface area contributed by atoms with Crippen molar-refractivity contribution >= 4 is 11.7 Å². The maximum absolute atomic E-state index is 11.4. The summed E-state index contributed by atoms with van der Waals surface area (Å²) in [5.74, 6) is 0.581. The molecule has 0 fully saturated rings. The average Bonchev–Trinajstić information content (AvgIpc) is 2.19. The van der Waals surface area contributed by atoms with Gasteiger partial charge in [-0.1, -0.05) is 0 Å². The van der Waals surface area contributed by atoms with Gasteiger partial charge in [0.15, 0.2) is 0 Å². The van der Waals surface area contributed by atoms with E-state index in [9.17, 15) is 4.79 Å². The molecule has 0 unspecified atom stereocenters. The molecular formula is C11H18N4O. The summed E-state index contributed by atoms with van der Waals surface area (Å²) in [6.07, 6.45) is 1.63. The van der Waals surface area contributed by atoms with Gasteiger partial charge >= 0.3 is 0 Å². The number of hydrogen-bond donors (Lipinski definition) is 2.